The molecule has 0 radical (unpaired) electrons. The van der Waals surface area contributed by atoms with Gasteiger partial charge >= 0.3 is 0 Å². The third-order valence-corrected chi connectivity index (χ3v) is 3.88. The average molecular weight is 317 g/mol. The number of nitrogens with one attached hydrogen (secondary N) is 1. The van der Waals surface area contributed by atoms with Crippen LogP contribution in [0.25, 0.3) is 0 Å². The fourth-order valence-corrected chi connectivity index (χ4v) is 2.46. The van der Waals surface area contributed by atoms with Crippen LogP contribution in [0.2, 0.25) is 0 Å². The van der Waals surface area contributed by atoms with Gasteiger partial charge in [-0.25, -0.2) is 13.6 Å². The molecule has 3 N–H and O–H groups in total. The number of carbonyl (C=O) groups is 1. The summed E-state index contributed by atoms with van der Waals surface area (Å²) in [6, 6.07) is 1.24. The fraction of sp³-hybridized carbons (Fsp3) is 0.615. The molecule has 0 saturated heterocycles. The molecule has 120 valence electrons. The van der Waals surface area contributed by atoms with Crippen LogP contribution in [0.3, 0.4) is 0 Å². The number of sulfonamides is 1. The Bertz CT molecular complexity index is 593. The maximum atomic E-state index is 12.2. The van der Waals surface area contributed by atoms with Gasteiger partial charge in [0.05, 0.1) is 6.61 Å². The lowest BCUT2D eigenvalue weighted by Gasteiger charge is -2.14. The quantitative estimate of drug-likeness (QED) is 0.773. The van der Waals surface area contributed by atoms with Crippen LogP contribution in [-0.4, -0.2) is 39.2 Å². The second-order valence-electron chi connectivity index (χ2n) is 5.38. The van der Waals surface area contributed by atoms with Crippen LogP contribution in [0, 0.1) is 5.92 Å². The zero-order chi connectivity index (χ0) is 16.2. The summed E-state index contributed by atoms with van der Waals surface area (Å²) in [4.78, 5) is 12.1. The van der Waals surface area contributed by atoms with Crippen LogP contribution in [0.4, 0.5) is 0 Å². The molecule has 0 aromatic carbocycles. The Balaban J connectivity index is 2.95. The predicted molar refractivity (Wildman–Crippen MR) is 79.6 cm³/mol. The van der Waals surface area contributed by atoms with Crippen LogP contribution in [0.5, 0.6) is 0 Å². The van der Waals surface area contributed by atoms with Crippen molar-refractivity contribution in [3.63, 3.8) is 0 Å². The number of rotatable bonds is 7. The van der Waals surface area contributed by atoms with Crippen molar-refractivity contribution < 1.29 is 17.9 Å². The number of hydrogen-bond donors (Lipinski definition) is 2. The number of aromatic nitrogens is 1. The largest absolute Gasteiger partial charge is 0.384 e. The molecule has 0 bridgehead atoms. The standard InChI is InChI=1S/C13H23N3O4S/c1-9(2)16-7-11(21(14,18)19)5-12(16)13(17)15-6-10(3)8-20-4/h5,7,9-10H,6,8H2,1-4H3,(H,15,17)(H2,14,18,19). The van der Waals surface area contributed by atoms with Gasteiger partial charge in [0.1, 0.15) is 10.6 Å². The first-order valence-electron chi connectivity index (χ1n) is 6.68. The summed E-state index contributed by atoms with van der Waals surface area (Å²) in [5.74, 6) is -0.166. The van der Waals surface area contributed by atoms with Gasteiger partial charge in [-0.1, -0.05) is 6.92 Å². The maximum absolute atomic E-state index is 12.2. The van der Waals surface area contributed by atoms with E-state index < -0.39 is 10.0 Å². The molecule has 1 atom stereocenters. The molecule has 0 fully saturated rings. The summed E-state index contributed by atoms with van der Waals surface area (Å²) in [5, 5.41) is 7.88. The minimum Gasteiger partial charge on any atom is -0.384 e. The molecule has 0 spiro atoms. The van der Waals surface area contributed by atoms with Crippen LogP contribution in [-0.2, 0) is 14.8 Å². The average Bonchev–Trinajstić information content (AvgIpc) is 2.81. The molecule has 1 heterocycles. The van der Waals surface area contributed by atoms with E-state index in [0.717, 1.165) is 0 Å². The molecule has 0 aliphatic carbocycles. The van der Waals surface area contributed by atoms with Crippen LogP contribution in [0.1, 0.15) is 37.3 Å². The molecule has 1 unspecified atom stereocenters. The highest BCUT2D eigenvalue weighted by Crippen LogP contribution is 2.18. The van der Waals surface area contributed by atoms with E-state index in [1.807, 2.05) is 20.8 Å². The lowest BCUT2D eigenvalue weighted by Crippen LogP contribution is -2.31. The van der Waals surface area contributed by atoms with E-state index in [1.54, 1.807) is 11.7 Å². The number of ether oxygens (including phenoxy) is 1. The van der Waals surface area contributed by atoms with E-state index in [0.29, 0.717) is 13.2 Å². The SMILES string of the molecule is COCC(C)CNC(=O)c1cc(S(N)(=O)=O)cn1C(C)C. The van der Waals surface area contributed by atoms with Crippen molar-refractivity contribution >= 4 is 15.9 Å². The highest BCUT2D eigenvalue weighted by molar-refractivity contribution is 7.89. The van der Waals surface area contributed by atoms with Gasteiger partial charge in [0.15, 0.2) is 0 Å². The fourth-order valence-electron chi connectivity index (χ4n) is 1.92. The lowest BCUT2D eigenvalue weighted by molar-refractivity contribution is 0.0923. The second-order valence-corrected chi connectivity index (χ2v) is 6.94. The van der Waals surface area contributed by atoms with Gasteiger partial charge in [-0.2, -0.15) is 0 Å². The van der Waals surface area contributed by atoms with Gasteiger partial charge in [-0.05, 0) is 25.8 Å². The molecule has 1 amide bonds. The number of methoxy groups -OCH3 is 1. The third kappa shape index (κ3) is 4.83. The van der Waals surface area contributed by atoms with Crippen molar-refractivity contribution in [2.75, 3.05) is 20.3 Å². The first-order chi connectivity index (χ1) is 9.66. The molecule has 0 saturated carbocycles. The number of nitrogens with two attached hydrogens (primary N) is 1. The number of primary sulfonamides is 1. The summed E-state index contributed by atoms with van der Waals surface area (Å²) in [5.41, 5.74) is 0.277. The number of amides is 1. The number of hydrogen-bond acceptors (Lipinski definition) is 4. The summed E-state index contributed by atoms with van der Waals surface area (Å²) in [7, 11) is -2.23. The smallest absolute Gasteiger partial charge is 0.267 e. The minimum absolute atomic E-state index is 0.0577. The summed E-state index contributed by atoms with van der Waals surface area (Å²) in [6.45, 7) is 6.64. The Hall–Kier alpha value is -1.38. The van der Waals surface area contributed by atoms with Gasteiger partial charge in [0.25, 0.3) is 5.91 Å². The van der Waals surface area contributed by atoms with E-state index in [4.69, 9.17) is 9.88 Å². The van der Waals surface area contributed by atoms with Gasteiger partial charge in [-0.3, -0.25) is 4.79 Å². The third-order valence-electron chi connectivity index (χ3n) is 3.00. The Morgan fingerprint density at radius 1 is 1.43 bits per heavy atom. The summed E-state index contributed by atoms with van der Waals surface area (Å²) >= 11 is 0. The van der Waals surface area contributed by atoms with Gasteiger partial charge in [0.2, 0.25) is 10.0 Å². The Kier molecular flexibility index (Phi) is 5.94. The van der Waals surface area contributed by atoms with Crippen LogP contribution < -0.4 is 10.5 Å². The van der Waals surface area contributed by atoms with E-state index in [9.17, 15) is 13.2 Å². The van der Waals surface area contributed by atoms with Crippen LogP contribution >= 0.6 is 0 Å². The van der Waals surface area contributed by atoms with Crippen molar-refractivity contribution in [3.05, 3.63) is 18.0 Å². The van der Waals surface area contributed by atoms with Crippen molar-refractivity contribution in [1.82, 2.24) is 9.88 Å². The van der Waals surface area contributed by atoms with E-state index >= 15 is 0 Å². The Morgan fingerprint density at radius 2 is 2.05 bits per heavy atom. The van der Waals surface area contributed by atoms with Gasteiger partial charge in [-0.15, -0.1) is 0 Å². The van der Waals surface area contributed by atoms with Gasteiger partial charge < -0.3 is 14.6 Å². The molecule has 1 rings (SSSR count). The molecular formula is C13H23N3O4S. The minimum atomic E-state index is -3.83. The monoisotopic (exact) mass is 317 g/mol. The zero-order valence-electron chi connectivity index (χ0n) is 12.8. The molecule has 1 aromatic heterocycles. The van der Waals surface area contributed by atoms with E-state index in [-0.39, 0.29) is 28.5 Å². The lowest BCUT2D eigenvalue weighted by atomic mass is 10.2. The molecule has 7 nitrogen and oxygen atoms in total. The summed E-state index contributed by atoms with van der Waals surface area (Å²) < 4.78 is 29.4. The van der Waals surface area contributed by atoms with Gasteiger partial charge in [0, 0.05) is 25.9 Å². The van der Waals surface area contributed by atoms with Crippen LogP contribution in [0.15, 0.2) is 17.2 Å². The number of nitrogens with zero attached hydrogens (tertiary/aromatic N) is 1. The van der Waals surface area contributed by atoms with Crippen molar-refractivity contribution in [3.8, 4) is 0 Å². The summed E-state index contributed by atoms with van der Waals surface area (Å²) in [6.07, 6.45) is 1.38. The van der Waals surface area contributed by atoms with Crippen molar-refractivity contribution in [1.29, 1.82) is 0 Å². The first kappa shape index (κ1) is 17.7. The maximum Gasteiger partial charge on any atom is 0.267 e. The zero-order valence-corrected chi connectivity index (χ0v) is 13.6. The molecular weight excluding hydrogens is 294 g/mol. The highest BCUT2D eigenvalue weighted by atomic mass is 32.2. The number of carbonyl (C=O) groups excluding carboxylic acids is 1. The molecule has 21 heavy (non-hydrogen) atoms. The van der Waals surface area contributed by atoms with E-state index in [1.165, 1.54) is 12.3 Å². The first-order valence-corrected chi connectivity index (χ1v) is 8.23. The normalized spacial score (nSPS) is 13.4. The molecule has 8 heteroatoms. The van der Waals surface area contributed by atoms with Crippen molar-refractivity contribution in [2.24, 2.45) is 11.1 Å². The highest BCUT2D eigenvalue weighted by Gasteiger charge is 2.20. The van der Waals surface area contributed by atoms with E-state index in [2.05, 4.69) is 5.32 Å². The second kappa shape index (κ2) is 7.06. The predicted octanol–water partition coefficient (Wildman–Crippen LogP) is 0.729. The molecule has 1 aromatic rings. The van der Waals surface area contributed by atoms with Crippen molar-refractivity contribution in [2.45, 2.75) is 31.7 Å². The topological polar surface area (TPSA) is 103 Å². The molecule has 0 aliphatic heterocycles. The Morgan fingerprint density at radius 3 is 2.52 bits per heavy atom. The Labute approximate surface area is 125 Å². The molecule has 0 aliphatic rings.